The molecule has 0 spiro atoms. The fourth-order valence-corrected chi connectivity index (χ4v) is 1.15. The molecule has 0 unspecified atom stereocenters. The SMILES string of the molecule is Cl.O=C(O)c1cnc2ncc(Cl)cn12. The first-order chi connectivity index (χ1) is 6.18. The van der Waals surface area contributed by atoms with Crippen molar-refractivity contribution in [2.75, 3.05) is 0 Å². The van der Waals surface area contributed by atoms with E-state index >= 15 is 0 Å². The van der Waals surface area contributed by atoms with Gasteiger partial charge in [-0.1, -0.05) is 11.6 Å². The van der Waals surface area contributed by atoms with Crippen LogP contribution in [0.15, 0.2) is 18.6 Å². The molecule has 0 bridgehead atoms. The third kappa shape index (κ3) is 1.64. The van der Waals surface area contributed by atoms with Gasteiger partial charge in [-0.3, -0.25) is 4.40 Å². The van der Waals surface area contributed by atoms with E-state index in [1.807, 2.05) is 0 Å². The van der Waals surface area contributed by atoms with Crippen LogP contribution < -0.4 is 0 Å². The summed E-state index contributed by atoms with van der Waals surface area (Å²) in [5.74, 6) is -0.738. The largest absolute Gasteiger partial charge is 0.477 e. The Labute approximate surface area is 89.8 Å². The number of carboxylic acids is 1. The summed E-state index contributed by atoms with van der Waals surface area (Å²) in [5.41, 5.74) is 0.0463. The number of nitrogens with zero attached hydrogens (tertiary/aromatic N) is 3. The predicted molar refractivity (Wildman–Crippen MR) is 52.2 cm³/mol. The van der Waals surface area contributed by atoms with Gasteiger partial charge in [-0.25, -0.2) is 14.8 Å². The highest BCUT2D eigenvalue weighted by molar-refractivity contribution is 6.30. The molecule has 2 aromatic heterocycles. The van der Waals surface area contributed by atoms with E-state index < -0.39 is 5.97 Å². The Kier molecular flexibility index (Phi) is 2.93. The molecule has 0 amide bonds. The van der Waals surface area contributed by atoms with Gasteiger partial charge in [0.1, 0.15) is 0 Å². The van der Waals surface area contributed by atoms with Gasteiger partial charge in [0.25, 0.3) is 0 Å². The zero-order chi connectivity index (χ0) is 9.42. The second kappa shape index (κ2) is 3.81. The number of halogens is 2. The Morgan fingerprint density at radius 1 is 1.43 bits per heavy atom. The van der Waals surface area contributed by atoms with Gasteiger partial charge in [-0.05, 0) is 0 Å². The Morgan fingerprint density at radius 2 is 2.07 bits per heavy atom. The number of rotatable bonds is 1. The van der Waals surface area contributed by atoms with E-state index in [2.05, 4.69) is 9.97 Å². The van der Waals surface area contributed by atoms with Crippen LogP contribution in [0.2, 0.25) is 5.02 Å². The molecule has 0 saturated carbocycles. The van der Waals surface area contributed by atoms with Gasteiger partial charge in [0.05, 0.1) is 17.4 Å². The van der Waals surface area contributed by atoms with Gasteiger partial charge >= 0.3 is 5.97 Å². The molecule has 0 aliphatic carbocycles. The van der Waals surface area contributed by atoms with Crippen molar-refractivity contribution in [1.82, 2.24) is 14.4 Å². The van der Waals surface area contributed by atoms with E-state index in [1.165, 1.54) is 23.0 Å². The van der Waals surface area contributed by atoms with Crippen LogP contribution in [0.3, 0.4) is 0 Å². The quantitative estimate of drug-likeness (QED) is 0.811. The van der Waals surface area contributed by atoms with Gasteiger partial charge in [0, 0.05) is 6.20 Å². The molecular formula is C7H5Cl2N3O2. The van der Waals surface area contributed by atoms with Crippen molar-refractivity contribution in [3.8, 4) is 0 Å². The maximum Gasteiger partial charge on any atom is 0.354 e. The predicted octanol–water partition coefficient (Wildman–Crippen LogP) is 1.50. The third-order valence-electron chi connectivity index (χ3n) is 1.55. The van der Waals surface area contributed by atoms with Crippen LogP contribution in [-0.2, 0) is 0 Å². The lowest BCUT2D eigenvalue weighted by Gasteiger charge is -1.95. The van der Waals surface area contributed by atoms with E-state index in [0.29, 0.717) is 10.8 Å². The van der Waals surface area contributed by atoms with Crippen LogP contribution in [0, 0.1) is 0 Å². The Morgan fingerprint density at radius 3 is 2.71 bits per heavy atom. The van der Waals surface area contributed by atoms with Crippen LogP contribution in [0.4, 0.5) is 0 Å². The van der Waals surface area contributed by atoms with Crippen LogP contribution in [0.25, 0.3) is 5.78 Å². The molecule has 1 N–H and O–H groups in total. The molecule has 74 valence electrons. The summed E-state index contributed by atoms with van der Waals surface area (Å²) >= 11 is 5.65. The van der Waals surface area contributed by atoms with Gasteiger partial charge in [-0.15, -0.1) is 12.4 Å². The molecule has 0 saturated heterocycles. The lowest BCUT2D eigenvalue weighted by atomic mass is 10.5. The van der Waals surface area contributed by atoms with Crippen LogP contribution in [0.5, 0.6) is 0 Å². The average Bonchev–Trinajstić information content (AvgIpc) is 2.46. The van der Waals surface area contributed by atoms with Gasteiger partial charge in [0.15, 0.2) is 5.69 Å². The first kappa shape index (κ1) is 10.7. The normalized spacial score (nSPS) is 9.79. The average molecular weight is 234 g/mol. The number of hydrogen-bond donors (Lipinski definition) is 1. The summed E-state index contributed by atoms with van der Waals surface area (Å²) < 4.78 is 1.32. The van der Waals surface area contributed by atoms with E-state index in [0.717, 1.165) is 0 Å². The summed E-state index contributed by atoms with van der Waals surface area (Å²) in [6.07, 6.45) is 4.11. The molecule has 5 nitrogen and oxygen atoms in total. The summed E-state index contributed by atoms with van der Waals surface area (Å²) in [7, 11) is 0. The number of hydrogen-bond acceptors (Lipinski definition) is 3. The van der Waals surface area contributed by atoms with Crippen LogP contribution >= 0.6 is 24.0 Å². The summed E-state index contributed by atoms with van der Waals surface area (Å²) in [6, 6.07) is 0. The fraction of sp³-hybridized carbons (Fsp3) is 0. The van der Waals surface area contributed by atoms with E-state index in [1.54, 1.807) is 0 Å². The van der Waals surface area contributed by atoms with Crippen molar-refractivity contribution < 1.29 is 9.90 Å². The zero-order valence-electron chi connectivity index (χ0n) is 6.72. The van der Waals surface area contributed by atoms with Crippen molar-refractivity contribution >= 4 is 35.8 Å². The number of aromatic carboxylic acids is 1. The summed E-state index contributed by atoms with van der Waals surface area (Å²) in [6.45, 7) is 0. The first-order valence-corrected chi connectivity index (χ1v) is 3.78. The van der Waals surface area contributed by atoms with Gasteiger partial charge in [-0.2, -0.15) is 0 Å². The standard InChI is InChI=1S/C7H4ClN3O2.ClH/c8-4-1-9-7-10-2-5(6(12)13)11(7)3-4;/h1-3H,(H,12,13);1H. The maximum atomic E-state index is 10.7. The van der Waals surface area contributed by atoms with Crippen molar-refractivity contribution in [2.24, 2.45) is 0 Å². The molecule has 0 aliphatic rings. The third-order valence-corrected chi connectivity index (χ3v) is 1.75. The Bertz CT molecular complexity index is 483. The van der Waals surface area contributed by atoms with Crippen LogP contribution in [0.1, 0.15) is 10.5 Å². The summed E-state index contributed by atoms with van der Waals surface area (Å²) in [4.78, 5) is 18.3. The molecule has 7 heteroatoms. The second-order valence-corrected chi connectivity index (χ2v) is 2.83. The monoisotopic (exact) mass is 233 g/mol. The number of imidazole rings is 1. The Balaban J connectivity index is 0.000000980. The fourth-order valence-electron chi connectivity index (χ4n) is 1.01. The minimum absolute atomic E-state index is 0. The first-order valence-electron chi connectivity index (χ1n) is 3.40. The van der Waals surface area contributed by atoms with Gasteiger partial charge in [0.2, 0.25) is 5.78 Å². The minimum Gasteiger partial charge on any atom is -0.477 e. The molecule has 0 atom stereocenters. The van der Waals surface area contributed by atoms with Crippen molar-refractivity contribution in [2.45, 2.75) is 0 Å². The molecule has 2 aromatic rings. The highest BCUT2D eigenvalue weighted by Crippen LogP contribution is 2.09. The van der Waals surface area contributed by atoms with E-state index in [9.17, 15) is 4.79 Å². The molecule has 2 heterocycles. The smallest absolute Gasteiger partial charge is 0.354 e. The Hall–Kier alpha value is -1.33. The molecule has 0 fully saturated rings. The van der Waals surface area contributed by atoms with Crippen LogP contribution in [-0.4, -0.2) is 25.4 Å². The van der Waals surface area contributed by atoms with Crippen molar-refractivity contribution in [3.05, 3.63) is 29.3 Å². The minimum atomic E-state index is -1.06. The number of carbonyl (C=O) groups is 1. The molecule has 2 rings (SSSR count). The number of fused-ring (bicyclic) bond motifs is 1. The molecule has 14 heavy (non-hydrogen) atoms. The van der Waals surface area contributed by atoms with E-state index in [-0.39, 0.29) is 18.1 Å². The number of aromatic nitrogens is 3. The summed E-state index contributed by atoms with van der Waals surface area (Å²) in [5, 5.41) is 9.10. The number of carboxylic acid groups (broad SMARTS) is 1. The maximum absolute atomic E-state index is 10.7. The lowest BCUT2D eigenvalue weighted by molar-refractivity contribution is 0.0689. The van der Waals surface area contributed by atoms with Gasteiger partial charge < -0.3 is 5.11 Å². The molecular weight excluding hydrogens is 229 g/mol. The topological polar surface area (TPSA) is 67.5 Å². The molecule has 0 aromatic carbocycles. The molecule has 0 radical (unpaired) electrons. The highest BCUT2D eigenvalue weighted by atomic mass is 35.5. The second-order valence-electron chi connectivity index (χ2n) is 2.39. The van der Waals surface area contributed by atoms with Crippen molar-refractivity contribution in [3.63, 3.8) is 0 Å². The zero-order valence-corrected chi connectivity index (χ0v) is 8.29. The van der Waals surface area contributed by atoms with E-state index in [4.69, 9.17) is 16.7 Å². The highest BCUT2D eigenvalue weighted by Gasteiger charge is 2.10. The lowest BCUT2D eigenvalue weighted by Crippen LogP contribution is -2.01. The van der Waals surface area contributed by atoms with Crippen molar-refractivity contribution in [1.29, 1.82) is 0 Å². The molecule has 0 aliphatic heterocycles.